The van der Waals surface area contributed by atoms with Gasteiger partial charge in [0.25, 0.3) is 0 Å². The monoisotopic (exact) mass is 1340 g/mol. The Morgan fingerprint density at radius 2 is 0.518 bits per heavy atom. The van der Waals surface area contributed by atoms with Crippen LogP contribution in [-0.2, 0) is 63.8 Å². The Bertz CT molecular complexity index is 2820. The maximum absolute atomic E-state index is 11.4. The summed E-state index contributed by atoms with van der Waals surface area (Å²) in [5, 5.41) is 0. The summed E-state index contributed by atoms with van der Waals surface area (Å²) in [6, 6.07) is 50.7. The molecule has 446 valence electrons. The molecule has 0 saturated heterocycles. The van der Waals surface area contributed by atoms with Gasteiger partial charge in [-0.2, -0.15) is 0 Å². The molecule has 0 saturated carbocycles. The van der Waals surface area contributed by atoms with Gasteiger partial charge in [0.2, 0.25) is 0 Å². The van der Waals surface area contributed by atoms with Gasteiger partial charge in [-0.1, -0.05) is 26.3 Å². The zero-order valence-corrected chi connectivity index (χ0v) is 54.3. The topological polar surface area (TPSA) is 112 Å². The van der Waals surface area contributed by atoms with Crippen molar-refractivity contribution < 1.29 is 38.1 Å². The van der Waals surface area contributed by atoms with Crippen LogP contribution in [0.2, 0.25) is 0 Å². The summed E-state index contributed by atoms with van der Waals surface area (Å²) >= 11 is 0.353. The van der Waals surface area contributed by atoms with Crippen LogP contribution in [0.15, 0.2) is 184 Å². The Labute approximate surface area is 522 Å². The van der Waals surface area contributed by atoms with Crippen molar-refractivity contribution in [2.45, 2.75) is 128 Å². The molecule has 0 aliphatic rings. The van der Waals surface area contributed by atoms with Gasteiger partial charge in [0.05, 0.1) is 0 Å². The molecular formula is C72H82N2O8Se3. The molecule has 0 aliphatic carbocycles. The second-order valence-corrected chi connectivity index (χ2v) is 27.7. The zero-order chi connectivity index (χ0) is 59.9. The second kappa shape index (κ2) is 37.0. The van der Waals surface area contributed by atoms with Crippen LogP contribution in [0.1, 0.15) is 125 Å². The van der Waals surface area contributed by atoms with Gasteiger partial charge in [0, 0.05) is 24.3 Å². The SMILES string of the molecule is C=CC(=O)OCCCCCCc1ccc(N(c2ccc(CCCCCCOC(=O)C=C)cc2)c2ccc(-c3ccc(-c4ccc(N(c5ccc(CCCCCCOC(=O)C=C)cc5)c5ccc(CCCCCCOC(=O)C=C)cc5)[se]4)[se]3)[se]2)cc1. The maximum atomic E-state index is 11.4. The summed E-state index contributed by atoms with van der Waals surface area (Å²) in [7, 11) is 0. The Hall–Kier alpha value is -6.68. The number of carbonyl (C=O) groups excluding carboxylic acids is 4. The van der Waals surface area contributed by atoms with E-state index in [9.17, 15) is 19.2 Å². The predicted octanol–water partition coefficient (Wildman–Crippen LogP) is 16.5. The minimum absolute atomic E-state index is 0.0890. The molecule has 4 aromatic carbocycles. The number of rotatable bonds is 40. The number of esters is 4. The fraction of sp³-hybridized carbons (Fsp3) is 0.333. The Morgan fingerprint density at radius 3 is 0.765 bits per heavy atom. The van der Waals surface area contributed by atoms with Crippen molar-refractivity contribution in [3.05, 3.63) is 206 Å². The molecule has 10 nitrogen and oxygen atoms in total. The third-order valence-corrected chi connectivity index (χ3v) is 22.9. The van der Waals surface area contributed by atoms with Gasteiger partial charge in [-0.05, 0) is 0 Å². The predicted molar refractivity (Wildman–Crippen MR) is 351 cm³/mol. The minimum atomic E-state index is -0.359. The van der Waals surface area contributed by atoms with E-state index in [2.05, 4.69) is 170 Å². The summed E-state index contributed by atoms with van der Waals surface area (Å²) in [5.41, 5.74) is 9.91. The van der Waals surface area contributed by atoms with E-state index in [1.165, 1.54) is 73.4 Å². The summed E-state index contributed by atoms with van der Waals surface area (Å²) in [6.07, 6.45) is 25.1. The average Bonchev–Trinajstić information content (AvgIpc) is 4.42. The molecule has 13 heteroatoms. The first-order valence-corrected chi connectivity index (χ1v) is 35.2. The van der Waals surface area contributed by atoms with E-state index >= 15 is 0 Å². The van der Waals surface area contributed by atoms with E-state index in [1.807, 2.05) is 0 Å². The van der Waals surface area contributed by atoms with Gasteiger partial charge in [-0.3, -0.25) is 0 Å². The van der Waals surface area contributed by atoms with Gasteiger partial charge < -0.3 is 18.9 Å². The van der Waals surface area contributed by atoms with Crippen LogP contribution in [0.25, 0.3) is 17.7 Å². The summed E-state index contributed by atoms with van der Waals surface area (Å²) < 4.78 is 29.0. The van der Waals surface area contributed by atoms with Crippen molar-refractivity contribution in [3.63, 3.8) is 0 Å². The fourth-order valence-electron chi connectivity index (χ4n) is 9.88. The number of benzene rings is 4. The Morgan fingerprint density at radius 1 is 0.294 bits per heavy atom. The van der Waals surface area contributed by atoms with Crippen LogP contribution in [0, 0.1) is 0 Å². The molecule has 0 atom stereocenters. The van der Waals surface area contributed by atoms with E-state index in [1.54, 1.807) is 0 Å². The number of carbonyl (C=O) groups is 4. The molecule has 3 heterocycles. The molecule has 7 aromatic rings. The van der Waals surface area contributed by atoms with Crippen molar-refractivity contribution in [2.24, 2.45) is 0 Å². The molecule has 85 heavy (non-hydrogen) atoms. The molecule has 0 aliphatic heterocycles. The fourth-order valence-corrected chi connectivity index (χ4v) is 17.5. The van der Waals surface area contributed by atoms with Crippen LogP contribution in [0.5, 0.6) is 0 Å². The molecule has 0 fully saturated rings. The molecule has 7 rings (SSSR count). The molecule has 0 spiro atoms. The van der Waals surface area contributed by atoms with Gasteiger partial charge in [-0.15, -0.1) is 0 Å². The van der Waals surface area contributed by atoms with E-state index in [0.717, 1.165) is 151 Å². The molecule has 0 bridgehead atoms. The zero-order valence-electron chi connectivity index (χ0n) is 49.2. The molecule has 0 radical (unpaired) electrons. The van der Waals surface area contributed by atoms with Crippen LogP contribution in [0.4, 0.5) is 31.9 Å². The summed E-state index contributed by atoms with van der Waals surface area (Å²) in [4.78, 5) is 50.5. The first kappa shape index (κ1) is 65.9. The molecule has 0 amide bonds. The van der Waals surface area contributed by atoms with Crippen molar-refractivity contribution in [3.8, 4) is 17.7 Å². The molecule has 0 N–H and O–H groups in total. The number of hydrogen-bond acceptors (Lipinski definition) is 10. The van der Waals surface area contributed by atoms with Gasteiger partial charge in [0.1, 0.15) is 0 Å². The van der Waals surface area contributed by atoms with Gasteiger partial charge in [0.15, 0.2) is 0 Å². The van der Waals surface area contributed by atoms with Gasteiger partial charge >= 0.3 is 437 Å². The molecular weight excluding hydrogens is 1260 g/mol. The standard InChI is InChI=1S/C72H82N2O8Se3/c1-5-69(75)79-51-21-13-9-17-25-55-29-37-59(38-30-55)73(60-39-31-56(32-40-60)26-18-10-14-22-52-80-70(76)6-2)67-49-47-65(84-67)63-45-46-64(83-63)66-48-50-68(85-66)74(61-41-33-57(34-42-61)27-19-11-15-23-53-81-71(77)7-3)62-43-35-58(36-44-62)28-20-12-16-24-54-82-72(78)8-4/h5-8,29-50H,1-4,9-28,51-54H2. The quantitative estimate of drug-likeness (QED) is 0.0121. The van der Waals surface area contributed by atoms with Crippen molar-refractivity contribution in [2.75, 3.05) is 36.2 Å². The summed E-state index contributed by atoms with van der Waals surface area (Å²) in [5.74, 6) is -1.44. The number of hydrogen-bond donors (Lipinski definition) is 0. The van der Waals surface area contributed by atoms with E-state index in [-0.39, 0.29) is 67.4 Å². The molecule has 0 unspecified atom stereocenters. The van der Waals surface area contributed by atoms with E-state index in [4.69, 9.17) is 18.9 Å². The number of aryl methyl sites for hydroxylation is 4. The molecule has 3 aromatic heterocycles. The normalized spacial score (nSPS) is 10.9. The van der Waals surface area contributed by atoms with E-state index < -0.39 is 0 Å². The number of anilines is 6. The van der Waals surface area contributed by atoms with Crippen molar-refractivity contribution in [1.82, 2.24) is 0 Å². The average molecular weight is 1340 g/mol. The Kier molecular flexibility index (Phi) is 28.7. The number of unbranched alkanes of at least 4 members (excludes halogenated alkanes) is 12. The van der Waals surface area contributed by atoms with Crippen molar-refractivity contribution >= 4 is 99.3 Å². The first-order valence-electron chi connectivity index (χ1n) is 30.1. The Balaban J connectivity index is 1.05. The van der Waals surface area contributed by atoms with Crippen LogP contribution in [0.3, 0.4) is 0 Å². The van der Waals surface area contributed by atoms with E-state index in [0.29, 0.717) is 26.4 Å². The first-order chi connectivity index (χ1) is 41.6. The van der Waals surface area contributed by atoms with Crippen LogP contribution in [-0.4, -0.2) is 93.8 Å². The third-order valence-electron chi connectivity index (χ3n) is 14.6. The third kappa shape index (κ3) is 22.3. The second-order valence-electron chi connectivity index (χ2n) is 20.9. The number of nitrogens with zero attached hydrogens (tertiary/aromatic N) is 2. The number of ether oxygens (including phenoxy) is 4. The van der Waals surface area contributed by atoms with Crippen LogP contribution < -0.4 is 9.80 Å². The summed E-state index contributed by atoms with van der Waals surface area (Å²) in [6.45, 7) is 15.7. The van der Waals surface area contributed by atoms with Gasteiger partial charge in [-0.25, -0.2) is 19.2 Å². The van der Waals surface area contributed by atoms with Crippen LogP contribution >= 0.6 is 0 Å². The van der Waals surface area contributed by atoms with Crippen molar-refractivity contribution in [1.29, 1.82) is 0 Å².